The van der Waals surface area contributed by atoms with E-state index in [9.17, 15) is 4.79 Å². The van der Waals surface area contributed by atoms with Crippen molar-refractivity contribution in [2.45, 2.75) is 0 Å². The Hall–Kier alpha value is -1.64. The number of hydrogen-bond donors (Lipinski definition) is 1. The van der Waals surface area contributed by atoms with Gasteiger partial charge in [0, 0.05) is 29.7 Å². The number of aromatic nitrogens is 2. The molecule has 0 bridgehead atoms. The third-order valence-corrected chi connectivity index (χ3v) is 1.56. The van der Waals surface area contributed by atoms with Crippen LogP contribution in [0, 0.1) is 0 Å². The lowest BCUT2D eigenvalue weighted by Gasteiger charge is -1.81. The van der Waals surface area contributed by atoms with Crippen molar-refractivity contribution in [2.75, 3.05) is 0 Å². The summed E-state index contributed by atoms with van der Waals surface area (Å²) in [5, 5.41) is 0. The molecule has 0 saturated heterocycles. The maximum atomic E-state index is 11.0. The quantitative estimate of drug-likeness (QED) is 0.599. The summed E-state index contributed by atoms with van der Waals surface area (Å²) in [5.74, 6) is 0. The molecule has 0 radical (unpaired) electrons. The SMILES string of the molecule is O=c1[nH]cc2cncccc1-2. The summed E-state index contributed by atoms with van der Waals surface area (Å²) >= 11 is 0. The molecule has 0 unspecified atom stereocenters. The third kappa shape index (κ3) is 0.902. The largest absolute Gasteiger partial charge is 0.328 e. The number of fused-ring (bicyclic) bond motifs is 1. The van der Waals surface area contributed by atoms with Crippen molar-refractivity contribution >= 4 is 0 Å². The molecule has 2 aliphatic heterocycles. The van der Waals surface area contributed by atoms with E-state index in [0.29, 0.717) is 5.56 Å². The molecule has 2 rings (SSSR count). The van der Waals surface area contributed by atoms with Crippen molar-refractivity contribution in [2.24, 2.45) is 0 Å². The predicted octanol–water partition coefficient (Wildman–Crippen LogP) is 0.875. The summed E-state index contributed by atoms with van der Waals surface area (Å²) in [5.41, 5.74) is 1.47. The van der Waals surface area contributed by atoms with E-state index in [2.05, 4.69) is 9.97 Å². The van der Waals surface area contributed by atoms with E-state index in [0.717, 1.165) is 5.56 Å². The van der Waals surface area contributed by atoms with Crippen LogP contribution in [0.3, 0.4) is 0 Å². The molecule has 0 atom stereocenters. The zero-order valence-corrected chi connectivity index (χ0v) is 5.74. The fraction of sp³-hybridized carbons (Fsp3) is 0. The van der Waals surface area contributed by atoms with Gasteiger partial charge in [-0.3, -0.25) is 9.78 Å². The summed E-state index contributed by atoms with van der Waals surface area (Å²) in [6, 6.07) is 3.50. The Labute approximate surface area is 63.1 Å². The topological polar surface area (TPSA) is 45.8 Å². The highest BCUT2D eigenvalue weighted by atomic mass is 16.1. The summed E-state index contributed by atoms with van der Waals surface area (Å²) in [6.07, 6.45) is 4.97. The minimum atomic E-state index is -0.0574. The van der Waals surface area contributed by atoms with Gasteiger partial charge in [0.25, 0.3) is 5.56 Å². The molecule has 0 amide bonds. The number of aromatic amines is 1. The molecule has 2 heterocycles. The highest BCUT2D eigenvalue weighted by Gasteiger charge is 2.03. The third-order valence-electron chi connectivity index (χ3n) is 1.56. The molecule has 11 heavy (non-hydrogen) atoms. The van der Waals surface area contributed by atoms with Gasteiger partial charge < -0.3 is 4.98 Å². The summed E-state index contributed by atoms with van der Waals surface area (Å²) in [4.78, 5) is 17.6. The molecule has 0 aromatic rings. The second kappa shape index (κ2) is 2.20. The van der Waals surface area contributed by atoms with E-state index in [1.165, 1.54) is 0 Å². The molecule has 0 aromatic heterocycles. The van der Waals surface area contributed by atoms with Crippen LogP contribution in [0.4, 0.5) is 0 Å². The van der Waals surface area contributed by atoms with Crippen LogP contribution in [0.5, 0.6) is 0 Å². The maximum Gasteiger partial charge on any atom is 0.255 e. The van der Waals surface area contributed by atoms with Gasteiger partial charge in [-0.25, -0.2) is 0 Å². The van der Waals surface area contributed by atoms with Gasteiger partial charge >= 0.3 is 0 Å². The van der Waals surface area contributed by atoms with Gasteiger partial charge in [0.2, 0.25) is 0 Å². The van der Waals surface area contributed by atoms with Crippen LogP contribution < -0.4 is 5.56 Å². The lowest BCUT2D eigenvalue weighted by Crippen LogP contribution is -1.97. The Morgan fingerprint density at radius 3 is 3.27 bits per heavy atom. The van der Waals surface area contributed by atoms with Crippen molar-refractivity contribution in [3.8, 4) is 11.1 Å². The molecule has 3 heteroatoms. The Morgan fingerprint density at radius 1 is 1.45 bits per heavy atom. The molecule has 0 aliphatic carbocycles. The molecular weight excluding hydrogens is 140 g/mol. The fourth-order valence-corrected chi connectivity index (χ4v) is 1.02. The maximum absolute atomic E-state index is 11.0. The second-order valence-corrected chi connectivity index (χ2v) is 2.27. The zero-order chi connectivity index (χ0) is 7.68. The van der Waals surface area contributed by atoms with Crippen LogP contribution in [0.2, 0.25) is 0 Å². The highest BCUT2D eigenvalue weighted by Crippen LogP contribution is 2.11. The second-order valence-electron chi connectivity index (χ2n) is 2.27. The highest BCUT2D eigenvalue weighted by molar-refractivity contribution is 5.61. The Bertz CT molecular complexity index is 394. The number of rotatable bonds is 0. The first-order valence-electron chi connectivity index (χ1n) is 3.29. The molecule has 2 aliphatic rings. The van der Waals surface area contributed by atoms with Gasteiger partial charge in [0.15, 0.2) is 0 Å². The van der Waals surface area contributed by atoms with E-state index >= 15 is 0 Å². The van der Waals surface area contributed by atoms with Crippen LogP contribution >= 0.6 is 0 Å². The van der Waals surface area contributed by atoms with Crippen molar-refractivity contribution in [3.63, 3.8) is 0 Å². The monoisotopic (exact) mass is 146 g/mol. The van der Waals surface area contributed by atoms with Gasteiger partial charge in [-0.05, 0) is 12.1 Å². The summed E-state index contributed by atoms with van der Waals surface area (Å²) < 4.78 is 0. The molecule has 54 valence electrons. The first-order chi connectivity index (χ1) is 5.38. The first kappa shape index (κ1) is 6.09. The van der Waals surface area contributed by atoms with Gasteiger partial charge in [0.1, 0.15) is 0 Å². The average molecular weight is 146 g/mol. The Morgan fingerprint density at radius 2 is 2.36 bits per heavy atom. The van der Waals surface area contributed by atoms with Crippen LogP contribution in [0.1, 0.15) is 0 Å². The Kier molecular flexibility index (Phi) is 1.22. The molecule has 0 aromatic carbocycles. The zero-order valence-electron chi connectivity index (χ0n) is 5.74. The van der Waals surface area contributed by atoms with E-state index in [1.54, 1.807) is 30.7 Å². The van der Waals surface area contributed by atoms with Crippen molar-refractivity contribution in [3.05, 3.63) is 41.1 Å². The number of H-pyrrole nitrogens is 1. The number of nitrogens with one attached hydrogen (secondary N) is 1. The van der Waals surface area contributed by atoms with Crippen LogP contribution in [0.25, 0.3) is 11.1 Å². The van der Waals surface area contributed by atoms with Gasteiger partial charge in [-0.1, -0.05) is 0 Å². The normalized spacial score (nSPS) is 10.2. The lowest BCUT2D eigenvalue weighted by molar-refractivity contribution is 1.32. The molecule has 1 N–H and O–H groups in total. The summed E-state index contributed by atoms with van der Waals surface area (Å²) in [7, 11) is 0. The number of nitrogens with zero attached hydrogens (tertiary/aromatic N) is 1. The van der Waals surface area contributed by atoms with E-state index in [-0.39, 0.29) is 5.56 Å². The Balaban J connectivity index is 2.86. The lowest BCUT2D eigenvalue weighted by atomic mass is 10.2. The van der Waals surface area contributed by atoms with Gasteiger partial charge in [-0.15, -0.1) is 0 Å². The van der Waals surface area contributed by atoms with Crippen molar-refractivity contribution in [1.82, 2.24) is 9.97 Å². The average Bonchev–Trinajstić information content (AvgIpc) is 2.25. The standard InChI is InChI=1S/C8H6N2O/c11-8-7-2-1-3-9-4-6(7)5-10-8/h1-5H,(H,10,11). The van der Waals surface area contributed by atoms with Gasteiger partial charge in [-0.2, -0.15) is 0 Å². The fourth-order valence-electron chi connectivity index (χ4n) is 1.02. The predicted molar refractivity (Wildman–Crippen MR) is 41.5 cm³/mol. The molecular formula is C8H6N2O. The van der Waals surface area contributed by atoms with E-state index in [1.807, 2.05) is 0 Å². The molecule has 0 saturated carbocycles. The van der Waals surface area contributed by atoms with Crippen molar-refractivity contribution < 1.29 is 0 Å². The van der Waals surface area contributed by atoms with Crippen molar-refractivity contribution in [1.29, 1.82) is 0 Å². The molecule has 0 fully saturated rings. The first-order valence-corrected chi connectivity index (χ1v) is 3.29. The summed E-state index contributed by atoms with van der Waals surface area (Å²) in [6.45, 7) is 0. The minimum absolute atomic E-state index is 0.0574. The van der Waals surface area contributed by atoms with Crippen LogP contribution in [-0.4, -0.2) is 9.97 Å². The molecule has 0 spiro atoms. The van der Waals surface area contributed by atoms with E-state index < -0.39 is 0 Å². The molecule has 3 nitrogen and oxygen atoms in total. The van der Waals surface area contributed by atoms with Crippen LogP contribution in [0.15, 0.2) is 35.5 Å². The van der Waals surface area contributed by atoms with Gasteiger partial charge in [0.05, 0.1) is 0 Å². The van der Waals surface area contributed by atoms with Crippen LogP contribution in [-0.2, 0) is 0 Å². The van der Waals surface area contributed by atoms with E-state index in [4.69, 9.17) is 0 Å². The minimum Gasteiger partial charge on any atom is -0.328 e. The number of hydrogen-bond acceptors (Lipinski definition) is 2. The smallest absolute Gasteiger partial charge is 0.255 e.